The van der Waals surface area contributed by atoms with Crippen LogP contribution in [0.1, 0.15) is 49.5 Å². The summed E-state index contributed by atoms with van der Waals surface area (Å²) in [7, 11) is 0. The lowest BCUT2D eigenvalue weighted by atomic mass is 9.54. The fourth-order valence-corrected chi connectivity index (χ4v) is 6.82. The second kappa shape index (κ2) is 6.90. The summed E-state index contributed by atoms with van der Waals surface area (Å²) in [6, 6.07) is 3.96. The molecule has 3 aromatic rings. The van der Waals surface area contributed by atoms with Gasteiger partial charge in [-0.1, -0.05) is 0 Å². The third kappa shape index (κ3) is 2.91. The van der Waals surface area contributed by atoms with E-state index in [0.717, 1.165) is 34.2 Å². The van der Waals surface area contributed by atoms with Crippen LogP contribution < -0.4 is 5.32 Å². The number of nitrogens with one attached hydrogen (secondary N) is 1. The van der Waals surface area contributed by atoms with E-state index in [2.05, 4.69) is 36.4 Å². The molecular weight excluding hydrogens is 444 g/mol. The smallest absolute Gasteiger partial charge is 0.272 e. The van der Waals surface area contributed by atoms with Crippen LogP contribution in [0.5, 0.6) is 0 Å². The molecule has 3 aromatic heterocycles. The maximum atomic E-state index is 13.1. The van der Waals surface area contributed by atoms with E-state index in [-0.39, 0.29) is 5.91 Å². The van der Waals surface area contributed by atoms with Gasteiger partial charge in [0.05, 0.1) is 10.2 Å². The van der Waals surface area contributed by atoms with Crippen LogP contribution >= 0.6 is 15.9 Å². The van der Waals surface area contributed by atoms with Gasteiger partial charge in [-0.25, -0.2) is 9.50 Å². The van der Waals surface area contributed by atoms with Gasteiger partial charge in [-0.2, -0.15) is 10.2 Å². The van der Waals surface area contributed by atoms with Crippen LogP contribution in [-0.2, 0) is 6.54 Å². The van der Waals surface area contributed by atoms with Crippen LogP contribution in [0.15, 0.2) is 29.0 Å². The predicted molar refractivity (Wildman–Crippen MR) is 116 cm³/mol. The fraction of sp³-hybridized carbons (Fsp3) is 0.545. The van der Waals surface area contributed by atoms with E-state index in [1.54, 1.807) is 16.8 Å². The molecule has 1 amide bonds. The molecule has 0 aliphatic heterocycles. The van der Waals surface area contributed by atoms with Crippen molar-refractivity contribution < 1.29 is 4.79 Å². The first-order chi connectivity index (χ1) is 14.6. The molecule has 0 radical (unpaired) electrons. The van der Waals surface area contributed by atoms with Crippen molar-refractivity contribution >= 4 is 27.5 Å². The Kier molecular flexibility index (Phi) is 4.27. The van der Waals surface area contributed by atoms with Gasteiger partial charge < -0.3 is 5.32 Å². The lowest BCUT2D eigenvalue weighted by Gasteiger charge is -2.54. The Morgan fingerprint density at radius 1 is 1.17 bits per heavy atom. The molecule has 1 N–H and O–H groups in total. The SMILES string of the molecule is CCn1cc(Br)c(-c2ccnc3cc(C(=O)NC4C5CC6CC(C5)CC4C6)nn23)n1. The van der Waals surface area contributed by atoms with E-state index >= 15 is 0 Å². The molecule has 4 bridgehead atoms. The zero-order valence-electron chi connectivity index (χ0n) is 17.0. The number of nitrogens with zero attached hydrogens (tertiary/aromatic N) is 5. The number of halogens is 1. The summed E-state index contributed by atoms with van der Waals surface area (Å²) < 4.78 is 4.49. The molecule has 156 valence electrons. The molecule has 30 heavy (non-hydrogen) atoms. The molecule has 0 aromatic carbocycles. The van der Waals surface area contributed by atoms with Gasteiger partial charge in [-0.15, -0.1) is 0 Å². The van der Waals surface area contributed by atoms with Gasteiger partial charge in [0.25, 0.3) is 5.91 Å². The minimum absolute atomic E-state index is 0.0814. The van der Waals surface area contributed by atoms with Crippen molar-refractivity contribution in [2.45, 2.75) is 51.6 Å². The summed E-state index contributed by atoms with van der Waals surface area (Å²) in [5.74, 6) is 2.99. The first-order valence-electron chi connectivity index (χ1n) is 11.0. The summed E-state index contributed by atoms with van der Waals surface area (Å²) in [5, 5.41) is 12.6. The zero-order valence-corrected chi connectivity index (χ0v) is 18.5. The van der Waals surface area contributed by atoms with E-state index < -0.39 is 0 Å². The van der Waals surface area contributed by atoms with Gasteiger partial charge in [0.15, 0.2) is 11.3 Å². The van der Waals surface area contributed by atoms with Crippen LogP contribution in [0.2, 0.25) is 0 Å². The van der Waals surface area contributed by atoms with Gasteiger partial charge in [0.1, 0.15) is 5.69 Å². The highest BCUT2D eigenvalue weighted by molar-refractivity contribution is 9.10. The minimum atomic E-state index is -0.0814. The summed E-state index contributed by atoms with van der Waals surface area (Å²) in [6.07, 6.45) is 10.2. The van der Waals surface area contributed by atoms with Crippen LogP contribution in [0.3, 0.4) is 0 Å². The van der Waals surface area contributed by atoms with Gasteiger partial charge >= 0.3 is 0 Å². The molecule has 0 unspecified atom stereocenters. The van der Waals surface area contributed by atoms with Crippen molar-refractivity contribution in [3.8, 4) is 11.4 Å². The Bertz CT molecular complexity index is 1110. The molecule has 0 spiro atoms. The van der Waals surface area contributed by atoms with Crippen molar-refractivity contribution in [2.75, 3.05) is 0 Å². The molecule has 7 nitrogen and oxygen atoms in total. The quantitative estimate of drug-likeness (QED) is 0.628. The van der Waals surface area contributed by atoms with Crippen molar-refractivity contribution in [3.05, 3.63) is 34.7 Å². The highest BCUT2D eigenvalue weighted by Crippen LogP contribution is 2.53. The van der Waals surface area contributed by atoms with E-state index in [4.69, 9.17) is 0 Å². The zero-order chi connectivity index (χ0) is 20.4. The van der Waals surface area contributed by atoms with Crippen molar-refractivity contribution in [3.63, 3.8) is 0 Å². The second-order valence-electron chi connectivity index (χ2n) is 9.24. The first kappa shape index (κ1) is 18.5. The Morgan fingerprint density at radius 3 is 2.57 bits per heavy atom. The minimum Gasteiger partial charge on any atom is -0.347 e. The fourth-order valence-electron chi connectivity index (χ4n) is 6.30. The van der Waals surface area contributed by atoms with Gasteiger partial charge in [0, 0.05) is 31.0 Å². The van der Waals surface area contributed by atoms with Crippen molar-refractivity contribution in [1.29, 1.82) is 0 Å². The predicted octanol–water partition coefficient (Wildman–Crippen LogP) is 3.93. The molecule has 3 heterocycles. The van der Waals surface area contributed by atoms with E-state index in [1.165, 1.54) is 32.1 Å². The number of carbonyl (C=O) groups is 1. The van der Waals surface area contributed by atoms with Crippen LogP contribution in [0.4, 0.5) is 0 Å². The summed E-state index contributed by atoms with van der Waals surface area (Å²) in [6.45, 7) is 2.83. The molecule has 4 aliphatic carbocycles. The topological polar surface area (TPSA) is 77.1 Å². The highest BCUT2D eigenvalue weighted by Gasteiger charge is 2.48. The third-order valence-corrected chi connectivity index (χ3v) is 7.98. The normalized spacial score (nSPS) is 29.6. The van der Waals surface area contributed by atoms with Crippen LogP contribution in [0, 0.1) is 23.7 Å². The number of fused-ring (bicyclic) bond motifs is 1. The van der Waals surface area contributed by atoms with Gasteiger partial charge in [-0.3, -0.25) is 9.48 Å². The van der Waals surface area contributed by atoms with Crippen molar-refractivity contribution in [1.82, 2.24) is 29.7 Å². The average Bonchev–Trinajstić information content (AvgIpc) is 3.33. The lowest BCUT2D eigenvalue weighted by molar-refractivity contribution is -0.0120. The number of hydrogen-bond donors (Lipinski definition) is 1. The van der Waals surface area contributed by atoms with E-state index in [1.807, 2.05) is 23.9 Å². The molecule has 8 heteroatoms. The highest BCUT2D eigenvalue weighted by atomic mass is 79.9. The second-order valence-corrected chi connectivity index (χ2v) is 10.1. The van der Waals surface area contributed by atoms with Gasteiger partial charge in [-0.05, 0) is 84.7 Å². The first-order valence-corrected chi connectivity index (χ1v) is 11.8. The summed E-state index contributed by atoms with van der Waals surface area (Å²) in [4.78, 5) is 17.5. The van der Waals surface area contributed by atoms with Gasteiger partial charge in [0.2, 0.25) is 0 Å². The molecule has 4 fully saturated rings. The Labute approximate surface area is 183 Å². The lowest BCUT2D eigenvalue weighted by Crippen LogP contribution is -2.55. The molecule has 4 aliphatic rings. The average molecular weight is 469 g/mol. The molecular formula is C22H25BrN6O. The molecule has 7 rings (SSSR count). The number of amides is 1. The molecule has 0 atom stereocenters. The van der Waals surface area contributed by atoms with Crippen LogP contribution in [-0.4, -0.2) is 36.3 Å². The number of rotatable bonds is 4. The van der Waals surface area contributed by atoms with Crippen molar-refractivity contribution in [2.24, 2.45) is 23.7 Å². The summed E-state index contributed by atoms with van der Waals surface area (Å²) in [5.41, 5.74) is 2.68. The molecule has 4 saturated carbocycles. The number of carbonyl (C=O) groups excluding carboxylic acids is 1. The van der Waals surface area contributed by atoms with E-state index in [9.17, 15) is 4.79 Å². The summed E-state index contributed by atoms with van der Waals surface area (Å²) >= 11 is 3.59. The number of aromatic nitrogens is 5. The Hall–Kier alpha value is -2.22. The molecule has 0 saturated heterocycles. The maximum absolute atomic E-state index is 13.1. The third-order valence-electron chi connectivity index (χ3n) is 7.40. The Morgan fingerprint density at radius 2 is 1.90 bits per heavy atom. The largest absolute Gasteiger partial charge is 0.347 e. The van der Waals surface area contributed by atoms with E-state index in [0.29, 0.717) is 29.2 Å². The maximum Gasteiger partial charge on any atom is 0.272 e. The number of aryl methyl sites for hydroxylation is 1. The number of hydrogen-bond acceptors (Lipinski definition) is 4. The Balaban J connectivity index is 1.30. The monoisotopic (exact) mass is 468 g/mol. The van der Waals surface area contributed by atoms with Crippen LogP contribution in [0.25, 0.3) is 17.0 Å². The standard InChI is InChI=1S/C22H25BrN6O/c1-2-28-11-16(23)21(27-28)18-3-4-24-19-10-17(26-29(18)19)22(30)25-20-14-6-12-5-13(8-14)9-15(20)7-12/h3-4,10-15,20H,2,5-9H2,1H3,(H,25,30).